The highest BCUT2D eigenvalue weighted by Gasteiger charge is 2.23. The summed E-state index contributed by atoms with van der Waals surface area (Å²) in [5.74, 6) is 2.50. The van der Waals surface area contributed by atoms with E-state index in [0.717, 1.165) is 24.6 Å². The van der Waals surface area contributed by atoms with Gasteiger partial charge in [0.2, 0.25) is 0 Å². The van der Waals surface area contributed by atoms with Crippen LogP contribution in [0.3, 0.4) is 0 Å². The fraction of sp³-hybridized carbons (Fsp3) is 0.400. The SMILES string of the molecule is Cc1cc(N2CCC(c3cccs3)CC2)n2ncnc2n1. The predicted octanol–water partition coefficient (Wildman–Crippen LogP) is 2.88. The summed E-state index contributed by atoms with van der Waals surface area (Å²) in [5, 5.41) is 6.48. The first-order valence-electron chi connectivity index (χ1n) is 7.27. The second kappa shape index (κ2) is 5.11. The van der Waals surface area contributed by atoms with Crippen LogP contribution in [-0.2, 0) is 0 Å². The summed E-state index contributed by atoms with van der Waals surface area (Å²) < 4.78 is 1.85. The molecule has 1 aliphatic rings. The van der Waals surface area contributed by atoms with Crippen LogP contribution < -0.4 is 4.90 Å². The highest BCUT2D eigenvalue weighted by atomic mass is 32.1. The minimum atomic E-state index is 0.686. The highest BCUT2D eigenvalue weighted by molar-refractivity contribution is 7.10. The van der Waals surface area contributed by atoms with Crippen LogP contribution in [0.1, 0.15) is 29.3 Å². The van der Waals surface area contributed by atoms with Gasteiger partial charge in [-0.15, -0.1) is 11.3 Å². The molecule has 21 heavy (non-hydrogen) atoms. The van der Waals surface area contributed by atoms with E-state index in [-0.39, 0.29) is 0 Å². The normalized spacial score (nSPS) is 16.7. The molecule has 1 saturated heterocycles. The van der Waals surface area contributed by atoms with Gasteiger partial charge in [0.25, 0.3) is 5.78 Å². The number of hydrogen-bond donors (Lipinski definition) is 0. The first-order chi connectivity index (χ1) is 10.3. The number of aromatic nitrogens is 4. The van der Waals surface area contributed by atoms with Gasteiger partial charge in [-0.3, -0.25) is 0 Å². The molecule has 3 aromatic heterocycles. The standard InChI is InChI=1S/C15H17N5S/c1-11-9-14(20-15(18-11)16-10-17-20)19-6-4-12(5-7-19)13-3-2-8-21-13/h2-3,8-10,12H,4-7H2,1H3. The van der Waals surface area contributed by atoms with E-state index in [2.05, 4.69) is 43.5 Å². The first-order valence-corrected chi connectivity index (χ1v) is 8.15. The van der Waals surface area contributed by atoms with E-state index in [1.165, 1.54) is 17.7 Å². The Morgan fingerprint density at radius 2 is 2.14 bits per heavy atom. The van der Waals surface area contributed by atoms with Gasteiger partial charge in [0, 0.05) is 29.7 Å². The van der Waals surface area contributed by atoms with Gasteiger partial charge in [-0.25, -0.2) is 4.98 Å². The van der Waals surface area contributed by atoms with Crippen molar-refractivity contribution in [2.24, 2.45) is 0 Å². The Morgan fingerprint density at radius 3 is 2.90 bits per heavy atom. The highest BCUT2D eigenvalue weighted by Crippen LogP contribution is 2.32. The minimum Gasteiger partial charge on any atom is -0.356 e. The van der Waals surface area contributed by atoms with Crippen LogP contribution in [0.4, 0.5) is 5.82 Å². The molecular formula is C15H17N5S. The van der Waals surface area contributed by atoms with Crippen LogP contribution in [0.5, 0.6) is 0 Å². The van der Waals surface area contributed by atoms with Crippen molar-refractivity contribution < 1.29 is 0 Å². The van der Waals surface area contributed by atoms with Gasteiger partial charge in [-0.1, -0.05) is 6.07 Å². The van der Waals surface area contributed by atoms with Crippen LogP contribution in [-0.4, -0.2) is 32.7 Å². The van der Waals surface area contributed by atoms with Gasteiger partial charge in [-0.2, -0.15) is 14.6 Å². The fourth-order valence-electron chi connectivity index (χ4n) is 3.05. The van der Waals surface area contributed by atoms with E-state index < -0.39 is 0 Å². The number of nitrogens with zero attached hydrogens (tertiary/aromatic N) is 5. The molecule has 4 heterocycles. The van der Waals surface area contributed by atoms with Gasteiger partial charge < -0.3 is 4.90 Å². The second-order valence-electron chi connectivity index (χ2n) is 5.50. The van der Waals surface area contributed by atoms with Crippen molar-refractivity contribution in [2.45, 2.75) is 25.7 Å². The largest absolute Gasteiger partial charge is 0.356 e. The lowest BCUT2D eigenvalue weighted by Crippen LogP contribution is -2.34. The van der Waals surface area contributed by atoms with Crippen molar-refractivity contribution in [2.75, 3.05) is 18.0 Å². The average molecular weight is 299 g/mol. The smallest absolute Gasteiger partial charge is 0.254 e. The summed E-state index contributed by atoms with van der Waals surface area (Å²) in [4.78, 5) is 12.5. The molecule has 1 fully saturated rings. The first kappa shape index (κ1) is 12.8. The molecule has 1 aliphatic heterocycles. The van der Waals surface area contributed by atoms with Gasteiger partial charge >= 0.3 is 0 Å². The third-order valence-corrected chi connectivity index (χ3v) is 5.16. The molecule has 0 radical (unpaired) electrons. The molecule has 0 unspecified atom stereocenters. The van der Waals surface area contributed by atoms with Gasteiger partial charge in [-0.05, 0) is 37.1 Å². The topological polar surface area (TPSA) is 46.3 Å². The Kier molecular flexibility index (Phi) is 3.11. The van der Waals surface area contributed by atoms with E-state index in [1.54, 1.807) is 6.33 Å². The van der Waals surface area contributed by atoms with Crippen LogP contribution in [0.25, 0.3) is 5.78 Å². The van der Waals surface area contributed by atoms with Crippen molar-refractivity contribution in [3.8, 4) is 0 Å². The molecular weight excluding hydrogens is 282 g/mol. The third-order valence-electron chi connectivity index (χ3n) is 4.13. The number of anilines is 1. The quantitative estimate of drug-likeness (QED) is 0.730. The van der Waals surface area contributed by atoms with E-state index in [9.17, 15) is 0 Å². The molecule has 6 heteroatoms. The molecule has 0 N–H and O–H groups in total. The summed E-state index contributed by atoms with van der Waals surface area (Å²) in [6, 6.07) is 6.52. The second-order valence-corrected chi connectivity index (χ2v) is 6.48. The summed E-state index contributed by atoms with van der Waals surface area (Å²) in [5.41, 5.74) is 0.992. The zero-order valence-corrected chi connectivity index (χ0v) is 12.8. The van der Waals surface area contributed by atoms with Gasteiger partial charge in [0.1, 0.15) is 12.1 Å². The zero-order valence-electron chi connectivity index (χ0n) is 11.9. The third kappa shape index (κ3) is 2.29. The minimum absolute atomic E-state index is 0.686. The Hall–Kier alpha value is -1.95. The molecule has 0 aliphatic carbocycles. The number of rotatable bonds is 2. The molecule has 0 aromatic carbocycles. The van der Waals surface area contributed by atoms with Crippen LogP contribution in [0, 0.1) is 6.92 Å². The van der Waals surface area contributed by atoms with Gasteiger partial charge in [0.05, 0.1) is 0 Å². The Bertz CT molecular complexity index is 741. The Morgan fingerprint density at radius 1 is 1.29 bits per heavy atom. The molecule has 5 nitrogen and oxygen atoms in total. The van der Waals surface area contributed by atoms with Crippen LogP contribution in [0.15, 0.2) is 29.9 Å². The molecule has 0 saturated carbocycles. The summed E-state index contributed by atoms with van der Waals surface area (Å²) in [7, 11) is 0. The van der Waals surface area contributed by atoms with E-state index in [4.69, 9.17) is 0 Å². The van der Waals surface area contributed by atoms with Crippen molar-refractivity contribution in [1.82, 2.24) is 19.6 Å². The predicted molar refractivity (Wildman–Crippen MR) is 84.0 cm³/mol. The van der Waals surface area contributed by atoms with Crippen molar-refractivity contribution >= 4 is 22.9 Å². The van der Waals surface area contributed by atoms with Crippen molar-refractivity contribution in [3.63, 3.8) is 0 Å². The Balaban J connectivity index is 1.59. The van der Waals surface area contributed by atoms with E-state index in [1.807, 2.05) is 22.8 Å². The fourth-order valence-corrected chi connectivity index (χ4v) is 3.95. The summed E-state index contributed by atoms with van der Waals surface area (Å²) in [6.07, 6.45) is 3.96. The number of hydrogen-bond acceptors (Lipinski definition) is 5. The molecule has 0 atom stereocenters. The van der Waals surface area contributed by atoms with Gasteiger partial charge in [0.15, 0.2) is 0 Å². The molecule has 3 aromatic rings. The van der Waals surface area contributed by atoms with E-state index >= 15 is 0 Å². The molecule has 0 amide bonds. The lowest BCUT2D eigenvalue weighted by Gasteiger charge is -2.33. The molecule has 108 valence electrons. The maximum absolute atomic E-state index is 4.41. The number of piperidine rings is 1. The van der Waals surface area contributed by atoms with Crippen LogP contribution >= 0.6 is 11.3 Å². The summed E-state index contributed by atoms with van der Waals surface area (Å²) >= 11 is 1.88. The van der Waals surface area contributed by atoms with E-state index in [0.29, 0.717) is 11.7 Å². The number of thiophene rings is 1. The monoisotopic (exact) mass is 299 g/mol. The molecule has 4 rings (SSSR count). The zero-order chi connectivity index (χ0) is 14.2. The van der Waals surface area contributed by atoms with Crippen molar-refractivity contribution in [1.29, 1.82) is 0 Å². The average Bonchev–Trinajstić information content (AvgIpc) is 3.17. The number of fused-ring (bicyclic) bond motifs is 1. The number of aryl methyl sites for hydroxylation is 1. The maximum Gasteiger partial charge on any atom is 0.254 e. The van der Waals surface area contributed by atoms with Crippen LogP contribution in [0.2, 0.25) is 0 Å². The van der Waals surface area contributed by atoms with Crippen molar-refractivity contribution in [3.05, 3.63) is 40.5 Å². The lowest BCUT2D eigenvalue weighted by atomic mass is 9.95. The molecule has 0 bridgehead atoms. The molecule has 0 spiro atoms. The lowest BCUT2D eigenvalue weighted by molar-refractivity contribution is 0.505. The Labute approximate surface area is 127 Å². The summed E-state index contributed by atoms with van der Waals surface area (Å²) in [6.45, 7) is 4.12. The maximum atomic E-state index is 4.41.